The first-order valence-electron chi connectivity index (χ1n) is 32.6. The monoisotopic (exact) mass is 1190 g/mol. The summed E-state index contributed by atoms with van der Waals surface area (Å²) in [6.45, 7) is 33.3. The number of benzene rings is 10. The molecule has 3 heterocycles. The van der Waals surface area contributed by atoms with Gasteiger partial charge in [-0.05, 0) is 166 Å². The maximum atomic E-state index is 7.48. The molecule has 0 N–H and O–H groups in total. The van der Waals surface area contributed by atoms with Gasteiger partial charge in [0.05, 0.1) is 33.5 Å². The summed E-state index contributed by atoms with van der Waals surface area (Å²) in [7, 11) is 0. The molecule has 1 aliphatic heterocycles. The molecule has 1 spiro atoms. The molecule has 10 aromatic carbocycles. The molecule has 3 aliphatic rings. The van der Waals surface area contributed by atoms with Crippen molar-refractivity contribution in [2.24, 2.45) is 0 Å². The van der Waals surface area contributed by atoms with E-state index < -0.39 is 5.41 Å². The van der Waals surface area contributed by atoms with Crippen LogP contribution in [-0.4, -0.2) is 16.2 Å². The van der Waals surface area contributed by atoms with Crippen LogP contribution in [0, 0.1) is 0 Å². The highest BCUT2D eigenvalue weighted by atomic mass is 16.5. The van der Waals surface area contributed by atoms with Gasteiger partial charge in [0.15, 0.2) is 0 Å². The lowest BCUT2D eigenvalue weighted by molar-refractivity contribution is 0.481. The molecule has 91 heavy (non-hydrogen) atoms. The highest BCUT2D eigenvalue weighted by Crippen LogP contribution is 2.63. The first-order chi connectivity index (χ1) is 43.4. The van der Waals surface area contributed by atoms with E-state index >= 15 is 0 Å². The Balaban J connectivity index is 0.911. The molecule has 2 aromatic heterocycles. The average Bonchev–Trinajstić information content (AvgIpc) is 1.53. The zero-order chi connectivity index (χ0) is 63.3. The number of fused-ring (bicyclic) bond motifs is 7. The number of hydrogen-bond acceptors (Lipinski definition) is 4. The van der Waals surface area contributed by atoms with Gasteiger partial charge in [-0.15, -0.1) is 0 Å². The molecule has 0 atom stereocenters. The molecule has 5 nitrogen and oxygen atoms in total. The Labute approximate surface area is 538 Å². The van der Waals surface area contributed by atoms with Crippen molar-refractivity contribution in [1.82, 2.24) is 9.55 Å². The first kappa shape index (κ1) is 58.0. The van der Waals surface area contributed by atoms with E-state index in [4.69, 9.17) is 9.72 Å². The van der Waals surface area contributed by atoms with Gasteiger partial charge in [0.1, 0.15) is 24.0 Å². The van der Waals surface area contributed by atoms with E-state index in [-0.39, 0.29) is 27.1 Å². The molecule has 452 valence electrons. The van der Waals surface area contributed by atoms with Crippen molar-refractivity contribution >= 4 is 44.6 Å². The Kier molecular flexibility index (Phi) is 13.1. The van der Waals surface area contributed by atoms with E-state index in [2.05, 4.69) is 336 Å². The number of pyridine rings is 1. The maximum absolute atomic E-state index is 7.48. The van der Waals surface area contributed by atoms with Gasteiger partial charge in [0.25, 0.3) is 0 Å². The number of rotatable bonds is 8. The lowest BCUT2D eigenvalue weighted by Gasteiger charge is -2.47. The van der Waals surface area contributed by atoms with Gasteiger partial charge in [0, 0.05) is 51.3 Å². The topological polar surface area (TPSA) is 33.5 Å². The Morgan fingerprint density at radius 3 is 1.55 bits per heavy atom. The molecule has 2 aliphatic carbocycles. The lowest BCUT2D eigenvalue weighted by atomic mass is 9.55. The third-order valence-corrected chi connectivity index (χ3v) is 20.1. The quantitative estimate of drug-likeness (QED) is 0.152. The molecule has 0 unspecified atom stereocenters. The number of hydrogen-bond donors (Lipinski definition) is 0. The van der Waals surface area contributed by atoms with Crippen LogP contribution in [0.3, 0.4) is 0 Å². The highest BCUT2D eigenvalue weighted by molar-refractivity contribution is 6.18. The average molecular weight is 1190 g/mol. The van der Waals surface area contributed by atoms with Crippen LogP contribution in [0.5, 0.6) is 11.5 Å². The normalized spacial score (nSPS) is 14.8. The number of ether oxygens (including phenoxy) is 1. The van der Waals surface area contributed by atoms with Crippen molar-refractivity contribution in [3.63, 3.8) is 0 Å². The zero-order valence-electron chi connectivity index (χ0n) is 55.3. The van der Waals surface area contributed by atoms with Crippen molar-refractivity contribution in [2.75, 3.05) is 16.5 Å². The van der Waals surface area contributed by atoms with Gasteiger partial charge >= 0.3 is 0 Å². The predicted octanol–water partition coefficient (Wildman–Crippen LogP) is 22.7. The fraction of sp³-hybridized carbons (Fsp3) is 0.244. The summed E-state index contributed by atoms with van der Waals surface area (Å²) in [5.41, 5.74) is 25.7. The minimum atomic E-state index is -0.608. The minimum Gasteiger partial charge on any atom is -0.457 e. The van der Waals surface area contributed by atoms with E-state index in [9.17, 15) is 0 Å². The maximum Gasteiger partial charge on any atom is 0.137 e. The molecular weight excluding hydrogens is 1100 g/mol. The molecule has 12 aromatic rings. The summed E-state index contributed by atoms with van der Waals surface area (Å²) in [4.78, 5) is 10.2. The standard InChI is InChI=1S/C86H82N4O/c1-81(2,3)58-41-42-87-77(49-58)90-75-40-26-37-71-78(75)79-72(86(71)69-35-20-18-33-67(69)85(13,14)68-34-19-21-36-70(68)86)51-64(52-76(79)90)91-63-32-25-31-62(50-63)88-53-89(74-39-23-22-38-73(74)88)80-65(56-30-24-29-55(43-56)54-27-16-15-17-28-54)47-61(84(10,11)12)48-66(80)57-44-59(82(4,5)6)46-60(45-57)83(7,8)9/h15-52H,53H2,1-14H3. The van der Waals surface area contributed by atoms with Crippen molar-refractivity contribution in [3.8, 4) is 50.7 Å². The minimum absolute atomic E-state index is 0.0768. The van der Waals surface area contributed by atoms with E-state index in [1.165, 1.54) is 105 Å². The molecule has 5 heteroatoms. The second-order valence-electron chi connectivity index (χ2n) is 30.5. The lowest BCUT2D eigenvalue weighted by Crippen LogP contribution is -2.40. The zero-order valence-corrected chi connectivity index (χ0v) is 55.3. The van der Waals surface area contributed by atoms with Gasteiger partial charge < -0.3 is 14.5 Å². The molecule has 0 fully saturated rings. The van der Waals surface area contributed by atoms with Crippen molar-refractivity contribution in [3.05, 3.63) is 286 Å². The highest BCUT2D eigenvalue weighted by Gasteiger charge is 2.53. The summed E-state index contributed by atoms with van der Waals surface area (Å²) in [5.74, 6) is 2.43. The third-order valence-electron chi connectivity index (χ3n) is 20.1. The molecular formula is C86H82N4O. The summed E-state index contributed by atoms with van der Waals surface area (Å²) in [6.07, 6.45) is 1.98. The second kappa shape index (κ2) is 20.5. The molecule has 0 amide bonds. The fourth-order valence-electron chi connectivity index (χ4n) is 15.2. The number of nitrogens with zero attached hydrogens (tertiary/aromatic N) is 4. The van der Waals surface area contributed by atoms with Crippen molar-refractivity contribution in [1.29, 1.82) is 0 Å². The summed E-state index contributed by atoms with van der Waals surface area (Å²) >= 11 is 0. The van der Waals surface area contributed by atoms with Crippen molar-refractivity contribution < 1.29 is 4.74 Å². The summed E-state index contributed by atoms with van der Waals surface area (Å²) < 4.78 is 9.87. The van der Waals surface area contributed by atoms with Gasteiger partial charge in [-0.1, -0.05) is 243 Å². The SMILES string of the molecule is CC(C)(C)c1cc(-c2cc(C(C)(C)C)cc(-c3cccc(-c4ccccc4)c3)c2N2CN(c3cccc(Oc4cc5c6c7c(cccc7n(-c7cc(C(C)(C)C)ccn7)c6c4)C54c5ccccc5C(C)(C)c5ccccc54)c3)c3ccccc32)cc(C(C)(C)C)c1. The third kappa shape index (κ3) is 9.27. The molecule has 0 saturated carbocycles. The van der Waals surface area contributed by atoms with E-state index in [1.807, 2.05) is 6.20 Å². The van der Waals surface area contributed by atoms with Crippen LogP contribution in [-0.2, 0) is 32.5 Å². The molecule has 0 radical (unpaired) electrons. The van der Waals surface area contributed by atoms with Crippen LogP contribution in [0.25, 0.3) is 61.0 Å². The number of anilines is 4. The van der Waals surface area contributed by atoms with Gasteiger partial charge in [0.2, 0.25) is 0 Å². The Bertz CT molecular complexity index is 4830. The van der Waals surface area contributed by atoms with Crippen LogP contribution in [0.1, 0.15) is 153 Å². The Hall–Kier alpha value is -9.45. The molecule has 15 rings (SSSR count). The van der Waals surface area contributed by atoms with Crippen LogP contribution in [0.4, 0.5) is 22.7 Å². The largest absolute Gasteiger partial charge is 0.457 e. The van der Waals surface area contributed by atoms with Gasteiger partial charge in [-0.25, -0.2) is 4.98 Å². The van der Waals surface area contributed by atoms with Crippen LogP contribution >= 0.6 is 0 Å². The van der Waals surface area contributed by atoms with Crippen LogP contribution in [0.2, 0.25) is 0 Å². The van der Waals surface area contributed by atoms with E-state index in [0.29, 0.717) is 6.67 Å². The summed E-state index contributed by atoms with van der Waals surface area (Å²) in [5, 5.41) is 2.51. The Morgan fingerprint density at radius 2 is 0.901 bits per heavy atom. The molecule has 0 bridgehead atoms. The Morgan fingerprint density at radius 1 is 0.374 bits per heavy atom. The predicted molar refractivity (Wildman–Crippen MR) is 382 cm³/mol. The van der Waals surface area contributed by atoms with Crippen LogP contribution in [0.15, 0.2) is 231 Å². The second-order valence-corrected chi connectivity index (χ2v) is 30.5. The van der Waals surface area contributed by atoms with Crippen LogP contribution < -0.4 is 14.5 Å². The van der Waals surface area contributed by atoms with Crippen molar-refractivity contribution in [2.45, 2.75) is 129 Å². The van der Waals surface area contributed by atoms with Gasteiger partial charge in [-0.3, -0.25) is 4.57 Å². The number of aromatic nitrogens is 2. The van der Waals surface area contributed by atoms with Gasteiger partial charge in [-0.2, -0.15) is 0 Å². The number of para-hydroxylation sites is 2. The summed E-state index contributed by atoms with van der Waals surface area (Å²) in [6, 6.07) is 84.5. The fourth-order valence-corrected chi connectivity index (χ4v) is 15.2. The molecule has 0 saturated heterocycles. The first-order valence-corrected chi connectivity index (χ1v) is 32.6. The smallest absolute Gasteiger partial charge is 0.137 e. The van der Waals surface area contributed by atoms with E-state index in [0.717, 1.165) is 45.4 Å². The van der Waals surface area contributed by atoms with E-state index in [1.54, 1.807) is 0 Å².